The second kappa shape index (κ2) is 10.1. The van der Waals surface area contributed by atoms with Crippen LogP contribution in [0.15, 0.2) is 30.3 Å². The molecular weight excluding hydrogens is 338 g/mol. The van der Waals surface area contributed by atoms with Crippen LogP contribution in [0.5, 0.6) is 0 Å². The summed E-state index contributed by atoms with van der Waals surface area (Å²) in [5, 5.41) is 3.37. The Labute approximate surface area is 157 Å². The van der Waals surface area contributed by atoms with Gasteiger partial charge in [0.25, 0.3) is 0 Å². The molecule has 1 aromatic carbocycles. The molecule has 3 rings (SSSR count). The van der Waals surface area contributed by atoms with E-state index in [0.717, 1.165) is 45.6 Å². The first-order valence-electron chi connectivity index (χ1n) is 9.10. The van der Waals surface area contributed by atoms with Crippen molar-refractivity contribution in [1.29, 1.82) is 0 Å². The summed E-state index contributed by atoms with van der Waals surface area (Å²) in [6.45, 7) is 7.95. The molecule has 0 saturated carbocycles. The van der Waals surface area contributed by atoms with Gasteiger partial charge in [0.05, 0.1) is 19.3 Å². The monoisotopic (exact) mass is 367 g/mol. The lowest BCUT2D eigenvalue weighted by Crippen LogP contribution is -2.54. The second-order valence-corrected chi connectivity index (χ2v) is 6.90. The van der Waals surface area contributed by atoms with Crippen molar-refractivity contribution in [3.8, 4) is 0 Å². The summed E-state index contributed by atoms with van der Waals surface area (Å²) >= 11 is 0. The molecule has 0 spiro atoms. The van der Waals surface area contributed by atoms with E-state index in [1.807, 2.05) is 23.1 Å². The van der Waals surface area contributed by atoms with Crippen LogP contribution in [0.4, 0.5) is 0 Å². The van der Waals surface area contributed by atoms with E-state index in [-0.39, 0.29) is 24.4 Å². The van der Waals surface area contributed by atoms with Crippen LogP contribution < -0.4 is 5.32 Å². The minimum atomic E-state index is 0. The fourth-order valence-electron chi connectivity index (χ4n) is 3.45. The molecule has 2 aliphatic rings. The van der Waals surface area contributed by atoms with Crippen molar-refractivity contribution >= 4 is 18.3 Å². The third-order valence-corrected chi connectivity index (χ3v) is 5.10. The Morgan fingerprint density at radius 3 is 2.60 bits per heavy atom. The number of nitrogens with zero attached hydrogens (tertiary/aromatic N) is 2. The van der Waals surface area contributed by atoms with Crippen molar-refractivity contribution in [3.05, 3.63) is 35.9 Å². The number of piperidine rings is 1. The largest absolute Gasteiger partial charge is 0.373 e. The van der Waals surface area contributed by atoms with Gasteiger partial charge in [-0.15, -0.1) is 12.4 Å². The van der Waals surface area contributed by atoms with Gasteiger partial charge >= 0.3 is 0 Å². The average molecular weight is 368 g/mol. The van der Waals surface area contributed by atoms with E-state index in [4.69, 9.17) is 4.74 Å². The van der Waals surface area contributed by atoms with Crippen molar-refractivity contribution in [1.82, 2.24) is 15.1 Å². The molecule has 5 nitrogen and oxygen atoms in total. The molecule has 2 fully saturated rings. The minimum Gasteiger partial charge on any atom is -0.373 e. The quantitative estimate of drug-likeness (QED) is 0.863. The third kappa shape index (κ3) is 5.96. The van der Waals surface area contributed by atoms with E-state index in [0.29, 0.717) is 19.2 Å². The predicted molar refractivity (Wildman–Crippen MR) is 102 cm³/mol. The number of piperazine rings is 1. The van der Waals surface area contributed by atoms with Gasteiger partial charge in [-0.05, 0) is 25.3 Å². The molecule has 1 N–H and O–H groups in total. The first-order chi connectivity index (χ1) is 11.7. The van der Waals surface area contributed by atoms with Crippen LogP contribution in [-0.4, -0.2) is 67.1 Å². The molecule has 2 aliphatic heterocycles. The first-order valence-corrected chi connectivity index (χ1v) is 9.10. The first kappa shape index (κ1) is 20.2. The van der Waals surface area contributed by atoms with Crippen molar-refractivity contribution in [2.45, 2.75) is 38.5 Å². The number of amides is 1. The number of carbonyl (C=O) groups is 1. The third-order valence-electron chi connectivity index (χ3n) is 5.10. The summed E-state index contributed by atoms with van der Waals surface area (Å²) in [5.41, 5.74) is 1.21. The molecule has 1 aromatic rings. The van der Waals surface area contributed by atoms with Crippen molar-refractivity contribution in [2.75, 3.05) is 39.3 Å². The maximum Gasteiger partial charge on any atom is 0.236 e. The van der Waals surface area contributed by atoms with Gasteiger partial charge in [0.1, 0.15) is 0 Å². The summed E-state index contributed by atoms with van der Waals surface area (Å²) in [6, 6.07) is 10.7. The van der Waals surface area contributed by atoms with Gasteiger partial charge in [-0.25, -0.2) is 0 Å². The number of hydrogen-bond acceptors (Lipinski definition) is 4. The Kier molecular flexibility index (Phi) is 8.16. The Morgan fingerprint density at radius 1 is 1.20 bits per heavy atom. The van der Waals surface area contributed by atoms with Gasteiger partial charge in [0, 0.05) is 38.8 Å². The molecule has 2 heterocycles. The second-order valence-electron chi connectivity index (χ2n) is 6.90. The summed E-state index contributed by atoms with van der Waals surface area (Å²) in [7, 11) is 0. The summed E-state index contributed by atoms with van der Waals surface area (Å²) in [4.78, 5) is 16.8. The van der Waals surface area contributed by atoms with Crippen LogP contribution >= 0.6 is 12.4 Å². The van der Waals surface area contributed by atoms with Crippen molar-refractivity contribution in [2.24, 2.45) is 0 Å². The smallest absolute Gasteiger partial charge is 0.236 e. The molecule has 140 valence electrons. The van der Waals surface area contributed by atoms with Gasteiger partial charge in [-0.1, -0.05) is 30.3 Å². The SMILES string of the molecule is C[C@H]1CNCCN1CC(=O)N1CCC(OCc2ccccc2)CC1.Cl. The van der Waals surface area contributed by atoms with Crippen LogP contribution in [0.1, 0.15) is 25.3 Å². The highest BCUT2D eigenvalue weighted by Crippen LogP contribution is 2.16. The average Bonchev–Trinajstić information content (AvgIpc) is 2.63. The van der Waals surface area contributed by atoms with E-state index in [9.17, 15) is 4.79 Å². The maximum absolute atomic E-state index is 12.5. The van der Waals surface area contributed by atoms with E-state index in [2.05, 4.69) is 29.3 Å². The molecule has 0 aliphatic carbocycles. The Morgan fingerprint density at radius 2 is 1.92 bits per heavy atom. The Bertz CT molecular complexity index is 521. The van der Waals surface area contributed by atoms with Crippen molar-refractivity contribution < 1.29 is 9.53 Å². The lowest BCUT2D eigenvalue weighted by molar-refractivity contribution is -0.136. The summed E-state index contributed by atoms with van der Waals surface area (Å²) < 4.78 is 6.01. The van der Waals surface area contributed by atoms with Crippen LogP contribution in [0, 0.1) is 0 Å². The lowest BCUT2D eigenvalue weighted by atomic mass is 10.1. The van der Waals surface area contributed by atoms with Gasteiger partial charge in [-0.2, -0.15) is 0 Å². The Hall–Kier alpha value is -1.14. The molecule has 0 radical (unpaired) electrons. The fraction of sp³-hybridized carbons (Fsp3) is 0.632. The van der Waals surface area contributed by atoms with E-state index < -0.39 is 0 Å². The fourth-order valence-corrected chi connectivity index (χ4v) is 3.45. The number of rotatable bonds is 5. The number of ether oxygens (including phenoxy) is 1. The molecule has 6 heteroatoms. The number of halogens is 1. The predicted octanol–water partition coefficient (Wildman–Crippen LogP) is 1.91. The molecule has 0 aromatic heterocycles. The molecule has 25 heavy (non-hydrogen) atoms. The topological polar surface area (TPSA) is 44.8 Å². The zero-order valence-electron chi connectivity index (χ0n) is 15.0. The molecule has 0 bridgehead atoms. The number of benzene rings is 1. The van der Waals surface area contributed by atoms with E-state index >= 15 is 0 Å². The number of hydrogen-bond donors (Lipinski definition) is 1. The minimum absolute atomic E-state index is 0. The molecule has 2 saturated heterocycles. The van der Waals surface area contributed by atoms with E-state index in [1.54, 1.807) is 0 Å². The highest BCUT2D eigenvalue weighted by molar-refractivity contribution is 5.85. The molecule has 0 unspecified atom stereocenters. The number of carbonyl (C=O) groups excluding carboxylic acids is 1. The van der Waals surface area contributed by atoms with Gasteiger partial charge in [-0.3, -0.25) is 9.69 Å². The summed E-state index contributed by atoms with van der Waals surface area (Å²) in [5.74, 6) is 0.269. The van der Waals surface area contributed by atoms with Gasteiger partial charge < -0.3 is 15.0 Å². The van der Waals surface area contributed by atoms with Crippen LogP contribution in [0.3, 0.4) is 0 Å². The van der Waals surface area contributed by atoms with Crippen LogP contribution in [0.2, 0.25) is 0 Å². The molecule has 1 amide bonds. The van der Waals surface area contributed by atoms with Gasteiger partial charge in [0.2, 0.25) is 5.91 Å². The zero-order chi connectivity index (χ0) is 16.8. The Balaban J connectivity index is 0.00000225. The normalized spacial score (nSPS) is 22.4. The lowest BCUT2D eigenvalue weighted by Gasteiger charge is -2.37. The molecule has 1 atom stereocenters. The standard InChI is InChI=1S/C19H29N3O2.ClH/c1-16-13-20-9-12-22(16)14-19(23)21-10-7-18(8-11-21)24-15-17-5-3-2-4-6-17;/h2-6,16,18,20H,7-15H2,1H3;1H/t16-;/m0./s1. The molecular formula is C19H30ClN3O2. The maximum atomic E-state index is 12.5. The van der Waals surface area contributed by atoms with Crippen LogP contribution in [0.25, 0.3) is 0 Å². The number of likely N-dealkylation sites (tertiary alicyclic amines) is 1. The summed E-state index contributed by atoms with van der Waals surface area (Å²) in [6.07, 6.45) is 2.15. The highest BCUT2D eigenvalue weighted by Gasteiger charge is 2.26. The van der Waals surface area contributed by atoms with Crippen LogP contribution in [-0.2, 0) is 16.1 Å². The number of nitrogens with one attached hydrogen (secondary N) is 1. The van der Waals surface area contributed by atoms with Gasteiger partial charge in [0.15, 0.2) is 0 Å². The van der Waals surface area contributed by atoms with Crippen molar-refractivity contribution in [3.63, 3.8) is 0 Å². The zero-order valence-corrected chi connectivity index (χ0v) is 15.8. The van der Waals surface area contributed by atoms with E-state index in [1.165, 1.54) is 5.56 Å². The highest BCUT2D eigenvalue weighted by atomic mass is 35.5.